The molecule has 1 aliphatic carbocycles. The van der Waals surface area contributed by atoms with Crippen LogP contribution in [-0.2, 0) is 0 Å². The molecule has 84 valence electrons. The zero-order valence-corrected chi connectivity index (χ0v) is 8.62. The molecule has 0 bridgehead atoms. The Hall–Kier alpha value is -0.250. The van der Waals surface area contributed by atoms with Crippen LogP contribution in [0.2, 0.25) is 0 Å². The van der Waals surface area contributed by atoms with E-state index in [-0.39, 0.29) is 18.3 Å². The Bertz CT molecular complexity index is 208. The lowest BCUT2D eigenvalue weighted by molar-refractivity contribution is -0.259. The molecule has 0 aromatic rings. The van der Waals surface area contributed by atoms with E-state index in [9.17, 15) is 18.3 Å². The van der Waals surface area contributed by atoms with Crippen LogP contribution in [0, 0.1) is 5.41 Å². The van der Waals surface area contributed by atoms with Gasteiger partial charge in [-0.1, -0.05) is 26.7 Å². The van der Waals surface area contributed by atoms with Crippen LogP contribution in [0.25, 0.3) is 0 Å². The van der Waals surface area contributed by atoms with Crippen LogP contribution < -0.4 is 0 Å². The van der Waals surface area contributed by atoms with Gasteiger partial charge in [-0.05, 0) is 24.7 Å². The van der Waals surface area contributed by atoms with Gasteiger partial charge in [0.15, 0.2) is 5.60 Å². The van der Waals surface area contributed by atoms with Crippen molar-refractivity contribution in [3.05, 3.63) is 0 Å². The van der Waals surface area contributed by atoms with E-state index in [1.165, 1.54) is 0 Å². The minimum Gasteiger partial charge on any atom is -0.380 e. The monoisotopic (exact) mass is 210 g/mol. The Balaban J connectivity index is 2.82. The molecule has 1 nitrogen and oxygen atoms in total. The van der Waals surface area contributed by atoms with E-state index in [0.29, 0.717) is 19.3 Å². The highest BCUT2D eigenvalue weighted by Crippen LogP contribution is 2.54. The molecule has 4 heteroatoms. The highest BCUT2D eigenvalue weighted by Gasteiger charge is 2.60. The van der Waals surface area contributed by atoms with Crippen molar-refractivity contribution in [3.8, 4) is 0 Å². The predicted octanol–water partition coefficient (Wildman–Crippen LogP) is 3.27. The fourth-order valence-electron chi connectivity index (χ4n) is 2.36. The van der Waals surface area contributed by atoms with Crippen molar-refractivity contribution in [1.82, 2.24) is 0 Å². The maximum absolute atomic E-state index is 12.5. The molecule has 1 aliphatic rings. The van der Waals surface area contributed by atoms with Gasteiger partial charge in [0.1, 0.15) is 0 Å². The summed E-state index contributed by atoms with van der Waals surface area (Å²) in [6, 6.07) is 0. The quantitative estimate of drug-likeness (QED) is 0.741. The van der Waals surface area contributed by atoms with E-state index in [2.05, 4.69) is 0 Å². The van der Waals surface area contributed by atoms with Crippen LogP contribution >= 0.6 is 0 Å². The summed E-state index contributed by atoms with van der Waals surface area (Å²) in [6.45, 7) is 3.79. The fraction of sp³-hybridized carbons (Fsp3) is 1.00. The molecule has 0 heterocycles. The van der Waals surface area contributed by atoms with Gasteiger partial charge in [-0.2, -0.15) is 13.2 Å². The molecule has 1 N–H and O–H groups in total. The summed E-state index contributed by atoms with van der Waals surface area (Å²) in [5.74, 6) is 0. The van der Waals surface area contributed by atoms with Crippen LogP contribution in [0.3, 0.4) is 0 Å². The van der Waals surface area contributed by atoms with E-state index in [1.807, 2.05) is 13.8 Å². The Morgan fingerprint density at radius 1 is 1.14 bits per heavy atom. The fourth-order valence-corrected chi connectivity index (χ4v) is 2.36. The molecule has 0 radical (unpaired) electrons. The average molecular weight is 210 g/mol. The molecular formula is C10H17F3O. The second kappa shape index (κ2) is 3.40. The molecule has 14 heavy (non-hydrogen) atoms. The SMILES string of the molecule is CCC1(CC)CCC(O)(C(F)(F)F)C1. The van der Waals surface area contributed by atoms with Gasteiger partial charge in [0.25, 0.3) is 0 Å². The summed E-state index contributed by atoms with van der Waals surface area (Å²) in [7, 11) is 0. The number of halogens is 3. The lowest BCUT2D eigenvalue weighted by Crippen LogP contribution is -2.43. The van der Waals surface area contributed by atoms with Crippen LogP contribution in [0.1, 0.15) is 46.0 Å². The van der Waals surface area contributed by atoms with E-state index in [1.54, 1.807) is 0 Å². The van der Waals surface area contributed by atoms with Gasteiger partial charge in [-0.15, -0.1) is 0 Å². The van der Waals surface area contributed by atoms with Crippen molar-refractivity contribution in [2.45, 2.75) is 57.7 Å². The molecule has 0 aromatic carbocycles. The number of hydrogen-bond donors (Lipinski definition) is 1. The number of hydrogen-bond acceptors (Lipinski definition) is 1. The van der Waals surface area contributed by atoms with Gasteiger partial charge >= 0.3 is 6.18 Å². The third-order valence-electron chi connectivity index (χ3n) is 3.76. The molecule has 1 saturated carbocycles. The smallest absolute Gasteiger partial charge is 0.380 e. The molecule has 1 rings (SSSR count). The first-order chi connectivity index (χ1) is 6.29. The molecular weight excluding hydrogens is 193 g/mol. The van der Waals surface area contributed by atoms with Crippen molar-refractivity contribution in [1.29, 1.82) is 0 Å². The Morgan fingerprint density at radius 3 is 1.86 bits per heavy atom. The van der Waals surface area contributed by atoms with Crippen molar-refractivity contribution < 1.29 is 18.3 Å². The molecule has 0 saturated heterocycles. The zero-order valence-electron chi connectivity index (χ0n) is 8.62. The first-order valence-corrected chi connectivity index (χ1v) is 5.08. The van der Waals surface area contributed by atoms with Crippen LogP contribution in [0.15, 0.2) is 0 Å². The normalized spacial score (nSPS) is 32.1. The topological polar surface area (TPSA) is 20.2 Å². The van der Waals surface area contributed by atoms with Crippen molar-refractivity contribution in [2.24, 2.45) is 5.41 Å². The summed E-state index contributed by atoms with van der Waals surface area (Å²) >= 11 is 0. The molecule has 1 atom stereocenters. The van der Waals surface area contributed by atoms with E-state index in [4.69, 9.17) is 0 Å². The number of aliphatic hydroxyl groups is 1. The maximum atomic E-state index is 12.5. The number of rotatable bonds is 2. The summed E-state index contributed by atoms with van der Waals surface area (Å²) < 4.78 is 37.5. The van der Waals surface area contributed by atoms with E-state index < -0.39 is 11.8 Å². The highest BCUT2D eigenvalue weighted by atomic mass is 19.4. The van der Waals surface area contributed by atoms with Gasteiger partial charge in [-0.25, -0.2) is 0 Å². The Labute approximate surface area is 82.3 Å². The number of alkyl halides is 3. The minimum absolute atomic E-state index is 0.128. The first-order valence-electron chi connectivity index (χ1n) is 5.08. The lowest BCUT2D eigenvalue weighted by atomic mass is 9.79. The highest BCUT2D eigenvalue weighted by molar-refractivity contribution is 5.00. The van der Waals surface area contributed by atoms with Crippen LogP contribution in [-0.4, -0.2) is 16.9 Å². The summed E-state index contributed by atoms with van der Waals surface area (Å²) in [5, 5.41) is 9.50. The van der Waals surface area contributed by atoms with Gasteiger partial charge in [-0.3, -0.25) is 0 Å². The standard InChI is InChI=1S/C10H17F3O/c1-3-8(4-2)5-6-9(14,7-8)10(11,12)13/h14H,3-7H2,1-2H3. The van der Waals surface area contributed by atoms with E-state index >= 15 is 0 Å². The average Bonchev–Trinajstić information content (AvgIpc) is 2.45. The second-order valence-electron chi connectivity index (χ2n) is 4.41. The van der Waals surface area contributed by atoms with Crippen molar-refractivity contribution in [3.63, 3.8) is 0 Å². The summed E-state index contributed by atoms with van der Waals surface area (Å²) in [4.78, 5) is 0. The Kier molecular flexibility index (Phi) is 2.87. The predicted molar refractivity (Wildman–Crippen MR) is 47.9 cm³/mol. The second-order valence-corrected chi connectivity index (χ2v) is 4.41. The lowest BCUT2D eigenvalue weighted by Gasteiger charge is -2.30. The van der Waals surface area contributed by atoms with Gasteiger partial charge in [0.2, 0.25) is 0 Å². The minimum atomic E-state index is -4.47. The van der Waals surface area contributed by atoms with Gasteiger partial charge < -0.3 is 5.11 Å². The van der Waals surface area contributed by atoms with Crippen LogP contribution in [0.4, 0.5) is 13.2 Å². The molecule has 0 spiro atoms. The van der Waals surface area contributed by atoms with Gasteiger partial charge in [0, 0.05) is 0 Å². The third-order valence-corrected chi connectivity index (χ3v) is 3.76. The molecule has 1 unspecified atom stereocenters. The summed E-state index contributed by atoms with van der Waals surface area (Å²) in [6.07, 6.45) is -2.84. The van der Waals surface area contributed by atoms with Crippen molar-refractivity contribution in [2.75, 3.05) is 0 Å². The largest absolute Gasteiger partial charge is 0.417 e. The van der Waals surface area contributed by atoms with Crippen molar-refractivity contribution >= 4 is 0 Å². The zero-order chi connectivity index (χ0) is 11.0. The molecule has 1 fully saturated rings. The summed E-state index contributed by atoms with van der Waals surface area (Å²) in [5.41, 5.74) is -2.73. The van der Waals surface area contributed by atoms with Crippen LogP contribution in [0.5, 0.6) is 0 Å². The molecule has 0 amide bonds. The maximum Gasteiger partial charge on any atom is 0.417 e. The third kappa shape index (κ3) is 1.76. The van der Waals surface area contributed by atoms with Gasteiger partial charge in [0.05, 0.1) is 0 Å². The Morgan fingerprint density at radius 2 is 1.64 bits per heavy atom. The molecule has 0 aromatic heterocycles. The molecule has 0 aliphatic heterocycles. The van der Waals surface area contributed by atoms with E-state index in [0.717, 1.165) is 0 Å². The first kappa shape index (κ1) is 11.8.